The van der Waals surface area contributed by atoms with Crippen molar-refractivity contribution in [3.63, 3.8) is 0 Å². The molecule has 158 valence electrons. The van der Waals surface area contributed by atoms with E-state index in [2.05, 4.69) is 9.97 Å². The van der Waals surface area contributed by atoms with Gasteiger partial charge in [0.25, 0.3) is 11.7 Å². The Morgan fingerprint density at radius 1 is 1.26 bits per heavy atom. The van der Waals surface area contributed by atoms with E-state index < -0.39 is 17.7 Å². The molecule has 8 nitrogen and oxygen atoms in total. The molecule has 3 aromatic rings. The van der Waals surface area contributed by atoms with Gasteiger partial charge in [0.15, 0.2) is 0 Å². The fourth-order valence-corrected chi connectivity index (χ4v) is 3.77. The smallest absolute Gasteiger partial charge is 0.295 e. The summed E-state index contributed by atoms with van der Waals surface area (Å²) in [6.45, 7) is 1.02. The Morgan fingerprint density at radius 2 is 2.13 bits per heavy atom. The van der Waals surface area contributed by atoms with Crippen molar-refractivity contribution in [2.24, 2.45) is 0 Å². The molecule has 1 aliphatic heterocycles. The molecule has 1 amide bonds. The zero-order valence-electron chi connectivity index (χ0n) is 17.1. The highest BCUT2D eigenvalue weighted by atomic mass is 16.5. The van der Waals surface area contributed by atoms with Gasteiger partial charge in [-0.05, 0) is 24.3 Å². The molecule has 8 heteroatoms. The maximum atomic E-state index is 13.0. The van der Waals surface area contributed by atoms with Crippen LogP contribution < -0.4 is 9.30 Å². The average Bonchev–Trinajstić information content (AvgIpc) is 3.41. The zero-order chi connectivity index (χ0) is 21.8. The van der Waals surface area contributed by atoms with E-state index in [1.165, 1.54) is 12.0 Å². The minimum Gasteiger partial charge on any atom is -0.507 e. The molecule has 0 radical (unpaired) electrons. The molecule has 1 aliphatic rings. The lowest BCUT2D eigenvalue weighted by Crippen LogP contribution is -2.36. The summed E-state index contributed by atoms with van der Waals surface area (Å²) in [5, 5.41) is 11.0. The van der Waals surface area contributed by atoms with Gasteiger partial charge in [-0.15, -0.1) is 0 Å². The van der Waals surface area contributed by atoms with Crippen LogP contribution in [0.5, 0.6) is 5.75 Å². The van der Waals surface area contributed by atoms with Gasteiger partial charge < -0.3 is 14.7 Å². The van der Waals surface area contributed by atoms with Gasteiger partial charge in [-0.1, -0.05) is 18.2 Å². The second-order valence-corrected chi connectivity index (χ2v) is 7.18. The number of hydrogen-bond donors (Lipinski definition) is 2. The number of likely N-dealkylation sites (tertiary alicyclic amines) is 1. The van der Waals surface area contributed by atoms with Crippen molar-refractivity contribution >= 4 is 17.4 Å². The van der Waals surface area contributed by atoms with Crippen molar-refractivity contribution in [2.75, 3.05) is 13.7 Å². The first kappa shape index (κ1) is 20.3. The van der Waals surface area contributed by atoms with E-state index >= 15 is 0 Å². The number of H-pyrrole nitrogens is 1. The fourth-order valence-electron chi connectivity index (χ4n) is 3.77. The second-order valence-electron chi connectivity index (χ2n) is 7.18. The molecule has 2 N–H and O–H groups in total. The summed E-state index contributed by atoms with van der Waals surface area (Å²) in [7, 11) is 1.52. The van der Waals surface area contributed by atoms with Crippen molar-refractivity contribution in [1.29, 1.82) is 0 Å². The van der Waals surface area contributed by atoms with Crippen LogP contribution in [0.3, 0.4) is 0 Å². The summed E-state index contributed by atoms with van der Waals surface area (Å²) in [5.74, 6) is -1.06. The SMILES string of the molecule is COc1cccc(C(O)=C2C(=O)C(=O)N(CCC[n+]3cc[nH]c3)C2c2ccccn2)c1. The highest BCUT2D eigenvalue weighted by Crippen LogP contribution is 2.38. The Balaban J connectivity index is 1.72. The molecule has 4 rings (SSSR count). The van der Waals surface area contributed by atoms with Crippen LogP contribution in [0.15, 0.2) is 73.0 Å². The first-order valence-electron chi connectivity index (χ1n) is 9.95. The largest absolute Gasteiger partial charge is 0.507 e. The Labute approximate surface area is 179 Å². The van der Waals surface area contributed by atoms with Gasteiger partial charge >= 0.3 is 0 Å². The molecular formula is C23H23N4O4+. The summed E-state index contributed by atoms with van der Waals surface area (Å²) >= 11 is 0. The number of nitrogens with one attached hydrogen (secondary N) is 1. The van der Waals surface area contributed by atoms with E-state index in [0.717, 1.165) is 0 Å². The first-order chi connectivity index (χ1) is 15.1. The summed E-state index contributed by atoms with van der Waals surface area (Å²) in [6.07, 6.45) is 7.78. The van der Waals surface area contributed by atoms with Gasteiger partial charge in [-0.3, -0.25) is 19.6 Å². The van der Waals surface area contributed by atoms with Crippen LogP contribution >= 0.6 is 0 Å². The molecular weight excluding hydrogens is 396 g/mol. The van der Waals surface area contributed by atoms with E-state index in [-0.39, 0.29) is 11.3 Å². The number of aromatic amines is 1. The topological polar surface area (TPSA) is 99.4 Å². The zero-order valence-corrected chi connectivity index (χ0v) is 17.1. The maximum absolute atomic E-state index is 13.0. The quantitative estimate of drug-likeness (QED) is 0.265. The number of ketones is 1. The Bertz CT molecular complexity index is 1110. The monoisotopic (exact) mass is 419 g/mol. The molecule has 1 atom stereocenters. The van der Waals surface area contributed by atoms with Gasteiger partial charge in [-0.2, -0.15) is 0 Å². The minimum absolute atomic E-state index is 0.0336. The predicted octanol–water partition coefficient (Wildman–Crippen LogP) is 2.22. The van der Waals surface area contributed by atoms with Crippen LogP contribution in [-0.4, -0.2) is 45.3 Å². The first-order valence-corrected chi connectivity index (χ1v) is 9.95. The molecule has 1 unspecified atom stereocenters. The molecule has 0 aliphatic carbocycles. The van der Waals surface area contributed by atoms with Crippen LogP contribution in [-0.2, 0) is 16.1 Å². The number of methoxy groups -OCH3 is 1. The number of carbonyl (C=O) groups is 2. The third kappa shape index (κ3) is 4.05. The number of ether oxygens (including phenoxy) is 1. The molecule has 0 spiro atoms. The summed E-state index contributed by atoms with van der Waals surface area (Å²) in [5.41, 5.74) is 0.966. The Morgan fingerprint density at radius 3 is 2.84 bits per heavy atom. The number of imidazole rings is 1. The summed E-state index contributed by atoms with van der Waals surface area (Å²) in [4.78, 5) is 34.7. The molecule has 2 aromatic heterocycles. The number of rotatable bonds is 7. The number of aromatic nitrogens is 3. The molecule has 0 bridgehead atoms. The van der Waals surface area contributed by atoms with Gasteiger partial charge in [0.05, 0.1) is 24.9 Å². The normalized spacial score (nSPS) is 17.8. The van der Waals surface area contributed by atoms with Gasteiger partial charge in [0.2, 0.25) is 6.33 Å². The molecule has 0 saturated carbocycles. The highest BCUT2D eigenvalue weighted by molar-refractivity contribution is 6.46. The van der Waals surface area contributed by atoms with Crippen molar-refractivity contribution in [3.05, 3.63) is 84.2 Å². The molecule has 31 heavy (non-hydrogen) atoms. The van der Waals surface area contributed by atoms with Crippen LogP contribution in [0.2, 0.25) is 0 Å². The minimum atomic E-state index is -0.761. The molecule has 1 aromatic carbocycles. The van der Waals surface area contributed by atoms with E-state index in [4.69, 9.17) is 4.74 Å². The number of benzene rings is 1. The van der Waals surface area contributed by atoms with Crippen molar-refractivity contribution in [2.45, 2.75) is 19.0 Å². The number of carbonyl (C=O) groups excluding carboxylic acids is 2. The third-order valence-corrected chi connectivity index (χ3v) is 5.27. The lowest BCUT2D eigenvalue weighted by molar-refractivity contribution is -0.695. The maximum Gasteiger partial charge on any atom is 0.295 e. The molecule has 1 saturated heterocycles. The number of hydrogen-bond acceptors (Lipinski definition) is 5. The van der Waals surface area contributed by atoms with E-state index in [1.54, 1.807) is 48.7 Å². The van der Waals surface area contributed by atoms with Crippen LogP contribution in [0, 0.1) is 0 Å². The number of aryl methyl sites for hydroxylation is 1. The number of aliphatic hydroxyl groups excluding tert-OH is 1. The molecule has 3 heterocycles. The summed E-state index contributed by atoms with van der Waals surface area (Å²) in [6, 6.07) is 11.3. The van der Waals surface area contributed by atoms with E-state index in [9.17, 15) is 14.7 Å². The fraction of sp³-hybridized carbons (Fsp3) is 0.217. The number of amides is 1. The van der Waals surface area contributed by atoms with Crippen molar-refractivity contribution in [3.8, 4) is 5.75 Å². The Hall–Kier alpha value is -3.94. The van der Waals surface area contributed by atoms with Crippen LogP contribution in [0.4, 0.5) is 0 Å². The number of pyridine rings is 1. The third-order valence-electron chi connectivity index (χ3n) is 5.27. The second kappa shape index (κ2) is 8.83. The van der Waals surface area contributed by atoms with Crippen molar-refractivity contribution < 1.29 is 24.0 Å². The lowest BCUT2D eigenvalue weighted by Gasteiger charge is -2.24. The van der Waals surface area contributed by atoms with Crippen molar-refractivity contribution in [1.82, 2.24) is 14.9 Å². The highest BCUT2D eigenvalue weighted by Gasteiger charge is 2.46. The standard InChI is InChI=1S/C23H22N4O4/c1-31-17-7-4-6-16(14-17)21(28)19-20(18-8-2-3-9-25-18)27(23(30)22(19)29)12-5-11-26-13-10-24-15-26/h2-4,6-10,13-15,20H,5,11-12H2,1H3,(H,28,29)/p+1. The average molecular weight is 419 g/mol. The van der Waals surface area contributed by atoms with E-state index in [0.29, 0.717) is 36.5 Å². The van der Waals surface area contributed by atoms with Gasteiger partial charge in [0, 0.05) is 24.7 Å². The number of aliphatic hydroxyl groups is 1. The number of nitrogens with zero attached hydrogens (tertiary/aromatic N) is 3. The van der Waals surface area contributed by atoms with Crippen LogP contribution in [0.1, 0.15) is 23.7 Å². The van der Waals surface area contributed by atoms with E-state index in [1.807, 2.05) is 23.3 Å². The number of Topliss-reactive ketones (excluding diaryl/α,β-unsaturated/α-hetero) is 1. The van der Waals surface area contributed by atoms with Gasteiger partial charge in [-0.25, -0.2) is 4.57 Å². The van der Waals surface area contributed by atoms with Gasteiger partial charge in [0.1, 0.15) is 29.9 Å². The Kier molecular flexibility index (Phi) is 5.79. The van der Waals surface area contributed by atoms with Crippen LogP contribution in [0.25, 0.3) is 5.76 Å². The summed E-state index contributed by atoms with van der Waals surface area (Å²) < 4.78 is 7.18. The molecule has 1 fully saturated rings. The predicted molar refractivity (Wildman–Crippen MR) is 112 cm³/mol. The lowest BCUT2D eigenvalue weighted by atomic mass is 9.98.